The first-order valence-electron chi connectivity index (χ1n) is 5.17. The van der Waals surface area contributed by atoms with E-state index in [9.17, 15) is 4.79 Å². The number of para-hydroxylation sites is 1. The van der Waals surface area contributed by atoms with Crippen molar-refractivity contribution in [1.82, 2.24) is 9.88 Å². The van der Waals surface area contributed by atoms with Crippen LogP contribution >= 0.6 is 0 Å². The molecule has 1 aromatic heterocycles. The van der Waals surface area contributed by atoms with Crippen LogP contribution in [0.25, 0.3) is 10.9 Å². The summed E-state index contributed by atoms with van der Waals surface area (Å²) in [4.78, 5) is 17.7. The molecule has 0 aliphatic rings. The van der Waals surface area contributed by atoms with Gasteiger partial charge in [-0.1, -0.05) is 18.2 Å². The van der Waals surface area contributed by atoms with Crippen molar-refractivity contribution in [2.24, 2.45) is 0 Å². The highest BCUT2D eigenvalue weighted by atomic mass is 16.2. The van der Waals surface area contributed by atoms with Gasteiger partial charge in [0.1, 0.15) is 5.69 Å². The van der Waals surface area contributed by atoms with Crippen LogP contribution in [-0.2, 0) is 0 Å². The van der Waals surface area contributed by atoms with Crippen LogP contribution in [-0.4, -0.2) is 29.9 Å². The van der Waals surface area contributed by atoms with Gasteiger partial charge in [-0.25, -0.2) is 4.98 Å². The fourth-order valence-electron chi connectivity index (χ4n) is 1.69. The monoisotopic (exact) mass is 214 g/mol. The first kappa shape index (κ1) is 10.6. The summed E-state index contributed by atoms with van der Waals surface area (Å²) in [6, 6.07) is 9.68. The van der Waals surface area contributed by atoms with E-state index in [2.05, 4.69) is 4.98 Å². The van der Waals surface area contributed by atoms with Crippen molar-refractivity contribution in [2.45, 2.75) is 6.92 Å². The summed E-state index contributed by atoms with van der Waals surface area (Å²) < 4.78 is 0. The molecule has 0 saturated carbocycles. The van der Waals surface area contributed by atoms with Crippen LogP contribution in [0.2, 0.25) is 0 Å². The maximum absolute atomic E-state index is 11.8. The molecular weight excluding hydrogens is 200 g/mol. The maximum Gasteiger partial charge on any atom is 0.271 e. The van der Waals surface area contributed by atoms with Crippen molar-refractivity contribution in [3.8, 4) is 0 Å². The highest BCUT2D eigenvalue weighted by Gasteiger charge is 2.11. The second kappa shape index (κ2) is 3.93. The van der Waals surface area contributed by atoms with Gasteiger partial charge in [-0.05, 0) is 24.6 Å². The van der Waals surface area contributed by atoms with Gasteiger partial charge in [-0.2, -0.15) is 0 Å². The first-order chi connectivity index (χ1) is 7.59. The van der Waals surface area contributed by atoms with E-state index >= 15 is 0 Å². The normalized spacial score (nSPS) is 10.4. The number of pyridine rings is 1. The Bertz CT molecular complexity index is 547. The molecule has 3 nitrogen and oxygen atoms in total. The predicted octanol–water partition coefficient (Wildman–Crippen LogP) is 2.25. The number of carbonyl (C=O) groups is 1. The molecular formula is C13H14N2O. The number of benzene rings is 1. The van der Waals surface area contributed by atoms with Crippen molar-refractivity contribution in [2.75, 3.05) is 14.1 Å². The van der Waals surface area contributed by atoms with Crippen LogP contribution in [0, 0.1) is 6.92 Å². The molecule has 0 atom stereocenters. The standard InChI is InChI=1S/C13H14N2O/c1-9-8-12(13(16)15(2)3)14-11-7-5-4-6-10(9)11/h4-8H,1-3H3. The van der Waals surface area contributed by atoms with Gasteiger partial charge in [0, 0.05) is 19.5 Å². The third-order valence-electron chi connectivity index (χ3n) is 2.55. The van der Waals surface area contributed by atoms with Crippen molar-refractivity contribution < 1.29 is 4.79 Å². The Morgan fingerprint density at radius 2 is 1.94 bits per heavy atom. The third kappa shape index (κ3) is 1.76. The van der Waals surface area contributed by atoms with Gasteiger partial charge in [-0.3, -0.25) is 4.79 Å². The van der Waals surface area contributed by atoms with Gasteiger partial charge >= 0.3 is 0 Å². The molecule has 0 aliphatic heterocycles. The molecule has 1 aromatic carbocycles. The summed E-state index contributed by atoms with van der Waals surface area (Å²) in [5, 5.41) is 1.10. The van der Waals surface area contributed by atoms with E-state index in [1.807, 2.05) is 37.3 Å². The predicted molar refractivity (Wildman–Crippen MR) is 64.5 cm³/mol. The fourth-order valence-corrected chi connectivity index (χ4v) is 1.69. The molecule has 82 valence electrons. The number of carbonyl (C=O) groups excluding carboxylic acids is 1. The zero-order chi connectivity index (χ0) is 11.7. The molecule has 0 bridgehead atoms. The van der Waals surface area contributed by atoms with Gasteiger partial charge in [0.25, 0.3) is 5.91 Å². The molecule has 1 amide bonds. The number of hydrogen-bond acceptors (Lipinski definition) is 2. The van der Waals surface area contributed by atoms with Crippen molar-refractivity contribution in [3.63, 3.8) is 0 Å². The van der Waals surface area contributed by atoms with E-state index in [1.54, 1.807) is 14.1 Å². The number of fused-ring (bicyclic) bond motifs is 1. The van der Waals surface area contributed by atoms with Crippen LogP contribution in [0.15, 0.2) is 30.3 Å². The largest absolute Gasteiger partial charge is 0.343 e. The number of nitrogens with zero attached hydrogens (tertiary/aromatic N) is 2. The number of rotatable bonds is 1. The van der Waals surface area contributed by atoms with E-state index < -0.39 is 0 Å². The second-order valence-corrected chi connectivity index (χ2v) is 4.04. The molecule has 0 unspecified atom stereocenters. The Morgan fingerprint density at radius 3 is 2.62 bits per heavy atom. The summed E-state index contributed by atoms with van der Waals surface area (Å²) >= 11 is 0. The lowest BCUT2D eigenvalue weighted by molar-refractivity contribution is 0.0822. The van der Waals surface area contributed by atoms with Gasteiger partial charge in [0.05, 0.1) is 5.52 Å². The summed E-state index contributed by atoms with van der Waals surface area (Å²) in [6.45, 7) is 2.00. The van der Waals surface area contributed by atoms with Gasteiger partial charge < -0.3 is 4.90 Å². The molecule has 0 spiro atoms. The summed E-state index contributed by atoms with van der Waals surface area (Å²) in [6.07, 6.45) is 0. The van der Waals surface area contributed by atoms with Gasteiger partial charge in [-0.15, -0.1) is 0 Å². The Balaban J connectivity index is 2.62. The zero-order valence-electron chi connectivity index (χ0n) is 9.69. The maximum atomic E-state index is 11.8. The van der Waals surface area contributed by atoms with Crippen LogP contribution in [0.5, 0.6) is 0 Å². The van der Waals surface area contributed by atoms with Crippen molar-refractivity contribution in [1.29, 1.82) is 0 Å². The Morgan fingerprint density at radius 1 is 1.25 bits per heavy atom. The molecule has 0 fully saturated rings. The van der Waals surface area contributed by atoms with E-state index in [0.717, 1.165) is 16.5 Å². The Kier molecular flexibility index (Phi) is 2.60. The van der Waals surface area contributed by atoms with Crippen LogP contribution in [0.1, 0.15) is 16.1 Å². The smallest absolute Gasteiger partial charge is 0.271 e. The van der Waals surface area contributed by atoms with Gasteiger partial charge in [0.2, 0.25) is 0 Å². The van der Waals surface area contributed by atoms with Crippen LogP contribution in [0.3, 0.4) is 0 Å². The van der Waals surface area contributed by atoms with Crippen molar-refractivity contribution in [3.05, 3.63) is 41.6 Å². The topological polar surface area (TPSA) is 33.2 Å². The minimum Gasteiger partial charge on any atom is -0.343 e. The fraction of sp³-hybridized carbons (Fsp3) is 0.231. The van der Waals surface area contributed by atoms with Crippen molar-refractivity contribution >= 4 is 16.8 Å². The number of hydrogen-bond donors (Lipinski definition) is 0. The Labute approximate surface area is 94.7 Å². The molecule has 0 N–H and O–H groups in total. The average Bonchev–Trinajstić information content (AvgIpc) is 2.28. The molecule has 3 heteroatoms. The summed E-state index contributed by atoms with van der Waals surface area (Å²) in [7, 11) is 3.46. The molecule has 16 heavy (non-hydrogen) atoms. The lowest BCUT2D eigenvalue weighted by Gasteiger charge is -2.11. The average molecular weight is 214 g/mol. The minimum absolute atomic E-state index is 0.0612. The van der Waals surface area contributed by atoms with E-state index in [4.69, 9.17) is 0 Å². The molecule has 2 aromatic rings. The second-order valence-electron chi connectivity index (χ2n) is 4.04. The van der Waals surface area contributed by atoms with Gasteiger partial charge in [0.15, 0.2) is 0 Å². The first-order valence-corrected chi connectivity index (χ1v) is 5.17. The summed E-state index contributed by atoms with van der Waals surface area (Å²) in [5.41, 5.74) is 2.45. The minimum atomic E-state index is -0.0612. The highest BCUT2D eigenvalue weighted by molar-refractivity contribution is 5.95. The van der Waals surface area contributed by atoms with E-state index in [-0.39, 0.29) is 5.91 Å². The third-order valence-corrected chi connectivity index (χ3v) is 2.55. The molecule has 0 saturated heterocycles. The number of aromatic nitrogens is 1. The lowest BCUT2D eigenvalue weighted by atomic mass is 10.1. The quantitative estimate of drug-likeness (QED) is 0.729. The molecule has 2 rings (SSSR count). The number of aryl methyl sites for hydroxylation is 1. The van der Waals surface area contributed by atoms with E-state index in [0.29, 0.717) is 5.69 Å². The van der Waals surface area contributed by atoms with Crippen LogP contribution in [0.4, 0.5) is 0 Å². The van der Waals surface area contributed by atoms with E-state index in [1.165, 1.54) is 4.90 Å². The van der Waals surface area contributed by atoms with Crippen LogP contribution < -0.4 is 0 Å². The highest BCUT2D eigenvalue weighted by Crippen LogP contribution is 2.17. The Hall–Kier alpha value is -1.90. The zero-order valence-corrected chi connectivity index (χ0v) is 9.69. The SMILES string of the molecule is Cc1cc(C(=O)N(C)C)nc2ccccc12. The lowest BCUT2D eigenvalue weighted by Crippen LogP contribution is -2.22. The molecule has 1 heterocycles. The number of amides is 1. The molecule has 0 aliphatic carbocycles. The summed E-state index contributed by atoms with van der Waals surface area (Å²) in [5.74, 6) is -0.0612. The molecule has 0 radical (unpaired) electrons.